The van der Waals surface area contributed by atoms with Gasteiger partial charge in [-0.2, -0.15) is 0 Å². The summed E-state index contributed by atoms with van der Waals surface area (Å²) in [5.74, 6) is 0.150. The molecule has 3 nitrogen and oxygen atoms in total. The molecule has 0 bridgehead atoms. The number of likely N-dealkylation sites (N-methyl/N-ethyl adjacent to an activating group) is 2. The highest BCUT2D eigenvalue weighted by Gasteiger charge is 2.33. The van der Waals surface area contributed by atoms with Gasteiger partial charge in [0, 0.05) is 12.1 Å². The lowest BCUT2D eigenvalue weighted by Gasteiger charge is -2.24. The molecule has 1 aliphatic heterocycles. The van der Waals surface area contributed by atoms with Crippen molar-refractivity contribution in [2.75, 3.05) is 20.6 Å². The molecule has 1 saturated heterocycles. The quantitative estimate of drug-likeness (QED) is 0.726. The van der Waals surface area contributed by atoms with Crippen LogP contribution in [0.1, 0.15) is 11.7 Å². The van der Waals surface area contributed by atoms with Gasteiger partial charge in [-0.15, -0.1) is 0 Å². The van der Waals surface area contributed by atoms with Crippen molar-refractivity contribution in [3.05, 3.63) is 34.9 Å². The van der Waals surface area contributed by atoms with Gasteiger partial charge >= 0.3 is 0 Å². The van der Waals surface area contributed by atoms with Gasteiger partial charge in [0.2, 0.25) is 5.91 Å². The number of hydrogen-bond donors (Lipinski definition) is 0. The summed E-state index contributed by atoms with van der Waals surface area (Å²) in [7, 11) is 3.77. The molecule has 0 N–H and O–H groups in total. The zero-order valence-electron chi connectivity index (χ0n) is 8.77. The fourth-order valence-electron chi connectivity index (χ4n) is 1.96. The van der Waals surface area contributed by atoms with Crippen molar-refractivity contribution in [3.8, 4) is 0 Å². The maximum atomic E-state index is 11.5. The lowest BCUT2D eigenvalue weighted by molar-refractivity contribution is -0.126. The zero-order valence-corrected chi connectivity index (χ0v) is 9.53. The number of carbonyl (C=O) groups excluding carboxylic acids is 1. The monoisotopic (exact) mass is 224 g/mol. The van der Waals surface area contributed by atoms with E-state index >= 15 is 0 Å². The molecule has 0 spiro atoms. The molecule has 1 amide bonds. The Morgan fingerprint density at radius 1 is 1.27 bits per heavy atom. The van der Waals surface area contributed by atoms with E-state index in [1.807, 2.05) is 43.3 Å². The predicted octanol–water partition coefficient (Wildman–Crippen LogP) is 1.74. The van der Waals surface area contributed by atoms with Crippen molar-refractivity contribution in [1.82, 2.24) is 9.80 Å². The Labute approximate surface area is 94.2 Å². The second-order valence-corrected chi connectivity index (χ2v) is 4.28. The molecule has 1 heterocycles. The molecule has 1 aliphatic rings. The summed E-state index contributed by atoms with van der Waals surface area (Å²) in [6, 6.07) is 7.61. The first-order valence-corrected chi connectivity index (χ1v) is 5.19. The summed E-state index contributed by atoms with van der Waals surface area (Å²) >= 11 is 5.83. The third kappa shape index (κ3) is 1.85. The van der Waals surface area contributed by atoms with Crippen LogP contribution in [0.15, 0.2) is 24.3 Å². The largest absolute Gasteiger partial charge is 0.325 e. The highest BCUT2D eigenvalue weighted by molar-refractivity contribution is 6.30. The van der Waals surface area contributed by atoms with Crippen molar-refractivity contribution < 1.29 is 4.79 Å². The minimum Gasteiger partial charge on any atom is -0.325 e. The van der Waals surface area contributed by atoms with E-state index in [1.165, 1.54) is 0 Å². The van der Waals surface area contributed by atoms with Crippen molar-refractivity contribution >= 4 is 17.5 Å². The summed E-state index contributed by atoms with van der Waals surface area (Å²) in [4.78, 5) is 15.3. The molecule has 2 rings (SSSR count). The van der Waals surface area contributed by atoms with Gasteiger partial charge in [0.05, 0.1) is 6.54 Å². The maximum Gasteiger partial charge on any atom is 0.238 e. The first kappa shape index (κ1) is 10.5. The highest BCUT2D eigenvalue weighted by Crippen LogP contribution is 2.28. The molecular weight excluding hydrogens is 212 g/mol. The van der Waals surface area contributed by atoms with Crippen LogP contribution in [0.25, 0.3) is 0 Å². The van der Waals surface area contributed by atoms with Crippen LogP contribution in [-0.4, -0.2) is 36.3 Å². The summed E-state index contributed by atoms with van der Waals surface area (Å²) < 4.78 is 0. The van der Waals surface area contributed by atoms with Crippen LogP contribution >= 0.6 is 11.6 Å². The van der Waals surface area contributed by atoms with Gasteiger partial charge in [-0.3, -0.25) is 9.69 Å². The molecule has 1 unspecified atom stereocenters. The number of halogens is 1. The normalized spacial score (nSPS) is 22.5. The summed E-state index contributed by atoms with van der Waals surface area (Å²) in [5.41, 5.74) is 1.09. The van der Waals surface area contributed by atoms with E-state index in [4.69, 9.17) is 11.6 Å². The number of benzene rings is 1. The van der Waals surface area contributed by atoms with Gasteiger partial charge in [0.1, 0.15) is 6.17 Å². The summed E-state index contributed by atoms with van der Waals surface area (Å²) in [5, 5.41) is 0.716. The van der Waals surface area contributed by atoms with Gasteiger partial charge in [0.15, 0.2) is 0 Å². The highest BCUT2D eigenvalue weighted by atomic mass is 35.5. The average Bonchev–Trinajstić information content (AvgIpc) is 2.44. The fraction of sp³-hybridized carbons (Fsp3) is 0.364. The molecule has 80 valence electrons. The molecule has 0 saturated carbocycles. The number of nitrogens with zero attached hydrogens (tertiary/aromatic N) is 2. The van der Waals surface area contributed by atoms with Crippen LogP contribution < -0.4 is 0 Å². The molecule has 0 aromatic heterocycles. The van der Waals surface area contributed by atoms with Gasteiger partial charge in [0.25, 0.3) is 0 Å². The second-order valence-electron chi connectivity index (χ2n) is 3.84. The molecule has 15 heavy (non-hydrogen) atoms. The van der Waals surface area contributed by atoms with Crippen LogP contribution in [0.4, 0.5) is 0 Å². The Balaban J connectivity index is 2.30. The van der Waals surface area contributed by atoms with E-state index in [1.54, 1.807) is 4.90 Å². The molecular formula is C11H13ClN2O. The minimum atomic E-state index is 0.0368. The van der Waals surface area contributed by atoms with E-state index in [-0.39, 0.29) is 12.1 Å². The Kier molecular flexibility index (Phi) is 2.67. The average molecular weight is 225 g/mol. The van der Waals surface area contributed by atoms with E-state index < -0.39 is 0 Å². The lowest BCUT2D eigenvalue weighted by atomic mass is 10.1. The first-order valence-electron chi connectivity index (χ1n) is 4.81. The van der Waals surface area contributed by atoms with E-state index in [9.17, 15) is 4.79 Å². The number of carbonyl (C=O) groups is 1. The number of hydrogen-bond acceptors (Lipinski definition) is 2. The minimum absolute atomic E-state index is 0.0368. The number of rotatable bonds is 1. The zero-order chi connectivity index (χ0) is 11.0. The van der Waals surface area contributed by atoms with Crippen LogP contribution in [-0.2, 0) is 4.79 Å². The molecule has 4 heteroatoms. The molecule has 0 aliphatic carbocycles. The SMILES string of the molecule is CN1CC(=O)N(C)C1c1ccc(Cl)cc1. The second kappa shape index (κ2) is 3.83. The summed E-state index contributed by atoms with van der Waals surface area (Å²) in [6.07, 6.45) is 0.0368. The molecule has 0 radical (unpaired) electrons. The van der Waals surface area contributed by atoms with E-state index in [0.717, 1.165) is 5.56 Å². The van der Waals surface area contributed by atoms with Gasteiger partial charge in [-0.25, -0.2) is 0 Å². The van der Waals surface area contributed by atoms with Crippen molar-refractivity contribution in [3.63, 3.8) is 0 Å². The standard InChI is InChI=1S/C11H13ClN2O/c1-13-7-10(15)14(2)11(13)8-3-5-9(12)6-4-8/h3-6,11H,7H2,1-2H3. The van der Waals surface area contributed by atoms with Crippen LogP contribution in [0.3, 0.4) is 0 Å². The van der Waals surface area contributed by atoms with Gasteiger partial charge in [-0.1, -0.05) is 23.7 Å². The third-order valence-electron chi connectivity index (χ3n) is 2.73. The maximum absolute atomic E-state index is 11.5. The summed E-state index contributed by atoms with van der Waals surface area (Å²) in [6.45, 7) is 0.476. The molecule has 1 fully saturated rings. The Bertz CT molecular complexity index is 377. The Morgan fingerprint density at radius 2 is 1.87 bits per heavy atom. The fourth-order valence-corrected chi connectivity index (χ4v) is 2.08. The number of amides is 1. The third-order valence-corrected chi connectivity index (χ3v) is 2.98. The predicted molar refractivity (Wildman–Crippen MR) is 59.6 cm³/mol. The van der Waals surface area contributed by atoms with Crippen molar-refractivity contribution in [2.45, 2.75) is 6.17 Å². The van der Waals surface area contributed by atoms with Gasteiger partial charge < -0.3 is 4.90 Å². The molecule has 1 aromatic carbocycles. The van der Waals surface area contributed by atoms with Crippen LogP contribution in [0.5, 0.6) is 0 Å². The van der Waals surface area contributed by atoms with Crippen LogP contribution in [0, 0.1) is 0 Å². The Hall–Kier alpha value is -1.06. The topological polar surface area (TPSA) is 23.6 Å². The van der Waals surface area contributed by atoms with Crippen molar-refractivity contribution in [1.29, 1.82) is 0 Å². The van der Waals surface area contributed by atoms with E-state index in [2.05, 4.69) is 0 Å². The van der Waals surface area contributed by atoms with Gasteiger partial charge in [-0.05, 0) is 24.7 Å². The van der Waals surface area contributed by atoms with Crippen molar-refractivity contribution in [2.24, 2.45) is 0 Å². The smallest absolute Gasteiger partial charge is 0.238 e. The lowest BCUT2D eigenvalue weighted by Crippen LogP contribution is -2.26. The van der Waals surface area contributed by atoms with Crippen LogP contribution in [0.2, 0.25) is 5.02 Å². The Morgan fingerprint density at radius 3 is 2.33 bits per heavy atom. The molecule has 1 aromatic rings. The van der Waals surface area contributed by atoms with E-state index in [0.29, 0.717) is 11.6 Å². The first-order chi connectivity index (χ1) is 7.09. The molecule has 1 atom stereocenters.